The summed E-state index contributed by atoms with van der Waals surface area (Å²) in [4.78, 5) is 11.8. The predicted molar refractivity (Wildman–Crippen MR) is 72.8 cm³/mol. The molecule has 2 heterocycles. The van der Waals surface area contributed by atoms with Crippen LogP contribution in [0.5, 0.6) is 5.75 Å². The molecule has 2 aromatic rings. The fourth-order valence-corrected chi connectivity index (χ4v) is 2.40. The first-order chi connectivity index (χ1) is 9.72. The molecule has 1 aliphatic rings. The van der Waals surface area contributed by atoms with Gasteiger partial charge in [-0.2, -0.15) is 0 Å². The van der Waals surface area contributed by atoms with Crippen LogP contribution in [0.25, 0.3) is 0 Å². The van der Waals surface area contributed by atoms with Gasteiger partial charge in [0.1, 0.15) is 5.75 Å². The highest BCUT2D eigenvalue weighted by atomic mass is 16.5. The molecule has 5 nitrogen and oxygen atoms in total. The number of fused-ring (bicyclic) bond motifs is 1. The molecule has 0 spiro atoms. The van der Waals surface area contributed by atoms with Crippen molar-refractivity contribution in [3.63, 3.8) is 0 Å². The zero-order chi connectivity index (χ0) is 13.9. The van der Waals surface area contributed by atoms with E-state index in [1.165, 1.54) is 17.3 Å². The van der Waals surface area contributed by atoms with Crippen LogP contribution in [0.1, 0.15) is 28.6 Å². The molecular formula is C15H16N2O3. The van der Waals surface area contributed by atoms with Gasteiger partial charge in [-0.25, -0.2) is 0 Å². The number of hydrogen-bond acceptors (Lipinski definition) is 4. The van der Waals surface area contributed by atoms with Gasteiger partial charge >= 0.3 is 0 Å². The molecule has 1 aromatic carbocycles. The molecule has 0 saturated heterocycles. The molecule has 1 atom stereocenters. The minimum atomic E-state index is -0.237. The lowest BCUT2D eigenvalue weighted by atomic mass is 10.0. The van der Waals surface area contributed by atoms with Crippen molar-refractivity contribution in [1.82, 2.24) is 10.5 Å². The van der Waals surface area contributed by atoms with Crippen LogP contribution in [0.4, 0.5) is 0 Å². The Morgan fingerprint density at radius 3 is 3.15 bits per heavy atom. The molecule has 0 saturated carbocycles. The van der Waals surface area contributed by atoms with Crippen LogP contribution in [0.3, 0.4) is 0 Å². The molecule has 1 aliphatic heterocycles. The fraction of sp³-hybridized carbons (Fsp3) is 0.333. The lowest BCUT2D eigenvalue weighted by molar-refractivity contribution is 0.0903. The molecule has 0 aliphatic carbocycles. The minimum Gasteiger partial charge on any atom is -0.493 e. The molecule has 104 valence electrons. The van der Waals surface area contributed by atoms with Crippen molar-refractivity contribution >= 4 is 5.91 Å². The summed E-state index contributed by atoms with van der Waals surface area (Å²) in [5.41, 5.74) is 2.44. The number of amides is 1. The highest BCUT2D eigenvalue weighted by molar-refractivity contribution is 5.91. The molecule has 0 unspecified atom stereocenters. The first kappa shape index (κ1) is 12.7. The van der Waals surface area contributed by atoms with Gasteiger partial charge in [0.15, 0.2) is 0 Å². The van der Waals surface area contributed by atoms with Crippen LogP contribution >= 0.6 is 0 Å². The quantitative estimate of drug-likeness (QED) is 0.924. The van der Waals surface area contributed by atoms with E-state index in [0.717, 1.165) is 25.2 Å². The lowest BCUT2D eigenvalue weighted by Gasteiger charge is -2.13. The highest BCUT2D eigenvalue weighted by Crippen LogP contribution is 2.26. The summed E-state index contributed by atoms with van der Waals surface area (Å²) in [5, 5.41) is 6.42. The van der Waals surface area contributed by atoms with Gasteiger partial charge in [0, 0.05) is 18.5 Å². The van der Waals surface area contributed by atoms with Crippen molar-refractivity contribution in [2.24, 2.45) is 0 Å². The van der Waals surface area contributed by atoms with Crippen molar-refractivity contribution in [3.8, 4) is 5.75 Å². The van der Waals surface area contributed by atoms with Crippen LogP contribution in [-0.4, -0.2) is 23.7 Å². The van der Waals surface area contributed by atoms with Gasteiger partial charge in [-0.05, 0) is 30.5 Å². The predicted octanol–water partition coefficient (Wildman–Crippen LogP) is 1.97. The van der Waals surface area contributed by atoms with E-state index in [1.807, 2.05) is 19.1 Å². The van der Waals surface area contributed by atoms with Crippen molar-refractivity contribution in [2.75, 3.05) is 6.61 Å². The van der Waals surface area contributed by atoms with Gasteiger partial charge < -0.3 is 14.6 Å². The number of carbonyl (C=O) groups excluding carboxylic acids is 1. The Bertz CT molecular complexity index is 608. The van der Waals surface area contributed by atoms with Gasteiger partial charge in [-0.15, -0.1) is 0 Å². The van der Waals surface area contributed by atoms with Crippen molar-refractivity contribution < 1.29 is 14.1 Å². The van der Waals surface area contributed by atoms with Gasteiger partial charge in [0.2, 0.25) is 5.76 Å². The molecular weight excluding hydrogens is 256 g/mol. The maximum Gasteiger partial charge on any atom is 0.290 e. The summed E-state index contributed by atoms with van der Waals surface area (Å²) in [6.07, 6.45) is 3.19. The molecule has 5 heteroatoms. The Kier molecular flexibility index (Phi) is 3.41. The standard InChI is InChI=1S/C15H16N2O3/c1-10(17-15(18)14-4-6-16-20-14)8-11-2-3-13-12(9-11)5-7-19-13/h2-4,6,9-10H,5,7-8H2,1H3,(H,17,18)/t10-/m0/s1. The monoisotopic (exact) mass is 272 g/mol. The maximum absolute atomic E-state index is 11.8. The van der Waals surface area contributed by atoms with E-state index in [4.69, 9.17) is 9.26 Å². The molecule has 1 N–H and O–H groups in total. The number of aromatic nitrogens is 1. The van der Waals surface area contributed by atoms with Gasteiger partial charge in [-0.3, -0.25) is 4.79 Å². The van der Waals surface area contributed by atoms with Crippen LogP contribution in [0.15, 0.2) is 35.0 Å². The average molecular weight is 272 g/mol. The number of hydrogen-bond donors (Lipinski definition) is 1. The Hall–Kier alpha value is -2.30. The van der Waals surface area contributed by atoms with E-state index in [0.29, 0.717) is 0 Å². The summed E-state index contributed by atoms with van der Waals surface area (Å²) < 4.78 is 10.3. The van der Waals surface area contributed by atoms with Crippen molar-refractivity contribution in [1.29, 1.82) is 0 Å². The normalized spacial score (nSPS) is 14.4. The Morgan fingerprint density at radius 2 is 2.35 bits per heavy atom. The maximum atomic E-state index is 11.8. The smallest absolute Gasteiger partial charge is 0.290 e. The first-order valence-corrected chi connectivity index (χ1v) is 6.68. The van der Waals surface area contributed by atoms with Crippen LogP contribution in [0, 0.1) is 0 Å². The Morgan fingerprint density at radius 1 is 1.45 bits per heavy atom. The molecule has 1 amide bonds. The molecule has 0 bridgehead atoms. The van der Waals surface area contributed by atoms with E-state index in [1.54, 1.807) is 6.07 Å². The topological polar surface area (TPSA) is 64.4 Å². The Labute approximate surface area is 116 Å². The van der Waals surface area contributed by atoms with Crippen LogP contribution in [-0.2, 0) is 12.8 Å². The van der Waals surface area contributed by atoms with E-state index < -0.39 is 0 Å². The van der Waals surface area contributed by atoms with Crippen molar-refractivity contribution in [2.45, 2.75) is 25.8 Å². The molecule has 1 aromatic heterocycles. The Balaban J connectivity index is 1.61. The summed E-state index contributed by atoms with van der Waals surface area (Å²) in [7, 11) is 0. The molecule has 3 rings (SSSR count). The van der Waals surface area contributed by atoms with E-state index in [-0.39, 0.29) is 17.7 Å². The number of nitrogens with zero attached hydrogens (tertiary/aromatic N) is 1. The summed E-state index contributed by atoms with van der Waals surface area (Å²) >= 11 is 0. The lowest BCUT2D eigenvalue weighted by Crippen LogP contribution is -2.33. The number of rotatable bonds is 4. The van der Waals surface area contributed by atoms with E-state index in [9.17, 15) is 4.79 Å². The minimum absolute atomic E-state index is 0.0213. The first-order valence-electron chi connectivity index (χ1n) is 6.68. The fourth-order valence-electron chi connectivity index (χ4n) is 2.40. The number of ether oxygens (including phenoxy) is 1. The third-order valence-electron chi connectivity index (χ3n) is 3.33. The zero-order valence-electron chi connectivity index (χ0n) is 11.3. The molecule has 0 radical (unpaired) electrons. The molecule has 0 fully saturated rings. The van der Waals surface area contributed by atoms with E-state index >= 15 is 0 Å². The second kappa shape index (κ2) is 5.36. The summed E-state index contributed by atoms with van der Waals surface area (Å²) in [6, 6.07) is 7.77. The summed E-state index contributed by atoms with van der Waals surface area (Å²) in [5.74, 6) is 0.978. The average Bonchev–Trinajstić information content (AvgIpc) is 3.09. The zero-order valence-corrected chi connectivity index (χ0v) is 11.3. The summed E-state index contributed by atoms with van der Waals surface area (Å²) in [6.45, 7) is 2.73. The SMILES string of the molecule is C[C@@H](Cc1ccc2c(c1)CCO2)NC(=O)c1ccno1. The van der Waals surface area contributed by atoms with Gasteiger partial charge in [0.05, 0.1) is 12.8 Å². The second-order valence-corrected chi connectivity index (χ2v) is 5.00. The third kappa shape index (κ3) is 2.66. The second-order valence-electron chi connectivity index (χ2n) is 5.00. The van der Waals surface area contributed by atoms with Crippen LogP contribution in [0.2, 0.25) is 0 Å². The number of carbonyl (C=O) groups is 1. The highest BCUT2D eigenvalue weighted by Gasteiger charge is 2.15. The van der Waals surface area contributed by atoms with Gasteiger partial charge in [0.25, 0.3) is 5.91 Å². The number of benzene rings is 1. The van der Waals surface area contributed by atoms with E-state index in [2.05, 4.69) is 16.5 Å². The van der Waals surface area contributed by atoms with Crippen LogP contribution < -0.4 is 10.1 Å². The van der Waals surface area contributed by atoms with Gasteiger partial charge in [-0.1, -0.05) is 17.3 Å². The largest absolute Gasteiger partial charge is 0.493 e. The van der Waals surface area contributed by atoms with Crippen molar-refractivity contribution in [3.05, 3.63) is 47.3 Å². The third-order valence-corrected chi connectivity index (χ3v) is 3.33. The molecule has 20 heavy (non-hydrogen) atoms. The number of nitrogens with one attached hydrogen (secondary N) is 1.